The third kappa shape index (κ3) is 3.21. The van der Waals surface area contributed by atoms with E-state index in [1.807, 2.05) is 19.5 Å². The van der Waals surface area contributed by atoms with E-state index in [0.29, 0.717) is 24.2 Å². The van der Waals surface area contributed by atoms with Crippen LogP contribution in [0.4, 0.5) is 0 Å². The first kappa shape index (κ1) is 21.1. The first-order valence-corrected chi connectivity index (χ1v) is 12.6. The van der Waals surface area contributed by atoms with E-state index in [0.717, 1.165) is 32.2 Å². The Bertz CT molecular complexity index is 1170. The van der Waals surface area contributed by atoms with Gasteiger partial charge in [-0.1, -0.05) is 36.8 Å². The highest BCUT2D eigenvalue weighted by atomic mass is 16.5. The van der Waals surface area contributed by atoms with Gasteiger partial charge in [0.1, 0.15) is 0 Å². The summed E-state index contributed by atoms with van der Waals surface area (Å²) in [5.74, 6) is 1.55. The Kier molecular flexibility index (Phi) is 4.99. The number of amides is 1. The van der Waals surface area contributed by atoms with E-state index in [-0.39, 0.29) is 16.9 Å². The number of nitrogens with one attached hydrogen (secondary N) is 1. The lowest BCUT2D eigenvalue weighted by Gasteiger charge is -2.51. The quantitative estimate of drug-likeness (QED) is 0.649. The monoisotopic (exact) mass is 442 g/mol. The average Bonchev–Trinajstić information content (AvgIpc) is 2.98. The summed E-state index contributed by atoms with van der Waals surface area (Å²) in [5.41, 5.74) is 4.19. The van der Waals surface area contributed by atoms with E-state index in [4.69, 9.17) is 4.74 Å². The number of fused-ring (bicyclic) bond motifs is 5. The SMILES string of the molecule is CO[C@]12CCC3CC(=O)NCCC3=CC1=CC[C@]1(C)[C@@H](c3ccc4ccncc4c3)CC[C@H]12. The zero-order chi connectivity index (χ0) is 22.6. The maximum absolute atomic E-state index is 12.3. The molecule has 2 heterocycles. The Labute approximate surface area is 196 Å². The summed E-state index contributed by atoms with van der Waals surface area (Å²) in [6.07, 6.45) is 15.8. The van der Waals surface area contributed by atoms with Gasteiger partial charge in [0.25, 0.3) is 0 Å². The van der Waals surface area contributed by atoms with E-state index in [2.05, 4.69) is 53.6 Å². The van der Waals surface area contributed by atoms with Crippen molar-refractivity contribution in [3.8, 4) is 0 Å². The molecule has 1 aliphatic heterocycles. The fraction of sp³-hybridized carbons (Fsp3) is 0.517. The van der Waals surface area contributed by atoms with Crippen LogP contribution < -0.4 is 5.32 Å². The zero-order valence-electron chi connectivity index (χ0n) is 19.8. The minimum absolute atomic E-state index is 0.164. The van der Waals surface area contributed by atoms with Gasteiger partial charge in [0.2, 0.25) is 5.91 Å². The van der Waals surface area contributed by atoms with Crippen LogP contribution in [0.3, 0.4) is 0 Å². The molecule has 1 saturated carbocycles. The lowest BCUT2D eigenvalue weighted by Crippen LogP contribution is -2.50. The van der Waals surface area contributed by atoms with Crippen LogP contribution in [-0.2, 0) is 9.53 Å². The molecule has 1 unspecified atom stereocenters. The maximum Gasteiger partial charge on any atom is 0.220 e. The molecule has 5 atom stereocenters. The minimum atomic E-state index is -0.240. The summed E-state index contributed by atoms with van der Waals surface area (Å²) in [5, 5.41) is 5.55. The van der Waals surface area contributed by atoms with Crippen LogP contribution in [-0.4, -0.2) is 30.1 Å². The van der Waals surface area contributed by atoms with Gasteiger partial charge in [-0.2, -0.15) is 0 Å². The second kappa shape index (κ2) is 7.80. The number of pyridine rings is 1. The molecule has 1 aromatic carbocycles. The molecule has 0 bridgehead atoms. The molecule has 4 nitrogen and oxygen atoms in total. The molecule has 172 valence electrons. The number of carbonyl (C=O) groups excluding carboxylic acids is 1. The molecule has 33 heavy (non-hydrogen) atoms. The lowest BCUT2D eigenvalue weighted by atomic mass is 9.58. The van der Waals surface area contributed by atoms with Crippen LogP contribution >= 0.6 is 0 Å². The minimum Gasteiger partial charge on any atom is -0.373 e. The van der Waals surface area contributed by atoms with Crippen molar-refractivity contribution in [2.75, 3.05) is 13.7 Å². The van der Waals surface area contributed by atoms with Gasteiger partial charge in [-0.15, -0.1) is 0 Å². The number of aromatic nitrogens is 1. The largest absolute Gasteiger partial charge is 0.373 e. The zero-order valence-corrected chi connectivity index (χ0v) is 19.8. The fourth-order valence-electron chi connectivity index (χ4n) is 7.76. The highest BCUT2D eigenvalue weighted by Crippen LogP contribution is 2.64. The van der Waals surface area contributed by atoms with E-state index in [9.17, 15) is 4.79 Å². The first-order valence-electron chi connectivity index (χ1n) is 12.6. The van der Waals surface area contributed by atoms with Crippen molar-refractivity contribution in [1.29, 1.82) is 0 Å². The smallest absolute Gasteiger partial charge is 0.220 e. The van der Waals surface area contributed by atoms with Crippen LogP contribution in [0.2, 0.25) is 0 Å². The van der Waals surface area contributed by atoms with Crippen LogP contribution in [0, 0.1) is 17.3 Å². The summed E-state index contributed by atoms with van der Waals surface area (Å²) in [6, 6.07) is 9.05. The molecule has 0 radical (unpaired) electrons. The van der Waals surface area contributed by atoms with Gasteiger partial charge >= 0.3 is 0 Å². The van der Waals surface area contributed by atoms with E-state index >= 15 is 0 Å². The van der Waals surface area contributed by atoms with Crippen molar-refractivity contribution in [2.24, 2.45) is 17.3 Å². The van der Waals surface area contributed by atoms with Crippen molar-refractivity contribution in [3.05, 3.63) is 65.5 Å². The van der Waals surface area contributed by atoms with E-state index in [1.54, 1.807) is 0 Å². The van der Waals surface area contributed by atoms with Crippen LogP contribution in [0.25, 0.3) is 10.8 Å². The van der Waals surface area contributed by atoms with Crippen molar-refractivity contribution >= 4 is 16.7 Å². The number of hydrogen-bond donors (Lipinski definition) is 1. The Morgan fingerprint density at radius 1 is 1.15 bits per heavy atom. The predicted octanol–water partition coefficient (Wildman–Crippen LogP) is 5.70. The lowest BCUT2D eigenvalue weighted by molar-refractivity contribution is -0.121. The van der Waals surface area contributed by atoms with Gasteiger partial charge in [0, 0.05) is 37.9 Å². The number of rotatable bonds is 2. The maximum atomic E-state index is 12.3. The molecule has 1 saturated heterocycles. The summed E-state index contributed by atoms with van der Waals surface area (Å²) < 4.78 is 6.54. The van der Waals surface area contributed by atoms with Crippen molar-refractivity contribution in [3.63, 3.8) is 0 Å². The Morgan fingerprint density at radius 3 is 2.94 bits per heavy atom. The Hall–Kier alpha value is -2.46. The fourth-order valence-corrected chi connectivity index (χ4v) is 7.76. The van der Waals surface area contributed by atoms with Crippen LogP contribution in [0.15, 0.2) is 60.0 Å². The molecular formula is C29H34N2O2. The third-order valence-electron chi connectivity index (χ3n) is 9.48. The topological polar surface area (TPSA) is 51.2 Å². The summed E-state index contributed by atoms with van der Waals surface area (Å²) >= 11 is 0. The average molecular weight is 443 g/mol. The molecule has 4 heteroatoms. The third-order valence-corrected chi connectivity index (χ3v) is 9.48. The van der Waals surface area contributed by atoms with Gasteiger partial charge in [0.05, 0.1) is 5.60 Å². The van der Waals surface area contributed by atoms with Gasteiger partial charge < -0.3 is 10.1 Å². The van der Waals surface area contributed by atoms with E-state index < -0.39 is 0 Å². The second-order valence-electron chi connectivity index (χ2n) is 10.9. The number of carbonyl (C=O) groups is 1. The van der Waals surface area contributed by atoms with Gasteiger partial charge in [-0.05, 0) is 90.3 Å². The van der Waals surface area contributed by atoms with E-state index in [1.165, 1.54) is 40.3 Å². The van der Waals surface area contributed by atoms with Crippen LogP contribution in [0.1, 0.15) is 63.4 Å². The van der Waals surface area contributed by atoms with Gasteiger partial charge in [0.15, 0.2) is 0 Å². The summed E-state index contributed by atoms with van der Waals surface area (Å²) in [7, 11) is 1.92. The summed E-state index contributed by atoms with van der Waals surface area (Å²) in [4.78, 5) is 16.6. The normalized spacial score (nSPS) is 35.9. The Morgan fingerprint density at radius 2 is 2.06 bits per heavy atom. The molecule has 6 rings (SSSR count). The number of allylic oxidation sites excluding steroid dienone is 1. The van der Waals surface area contributed by atoms with Gasteiger partial charge in [-0.3, -0.25) is 9.78 Å². The van der Waals surface area contributed by atoms with Crippen molar-refractivity contribution < 1.29 is 9.53 Å². The molecule has 1 N–H and O–H groups in total. The van der Waals surface area contributed by atoms with Crippen LogP contribution in [0.5, 0.6) is 0 Å². The van der Waals surface area contributed by atoms with Crippen molar-refractivity contribution in [2.45, 2.75) is 63.4 Å². The van der Waals surface area contributed by atoms with Gasteiger partial charge in [-0.25, -0.2) is 0 Å². The molecule has 2 aromatic rings. The highest BCUT2D eigenvalue weighted by Gasteiger charge is 2.59. The second-order valence-corrected chi connectivity index (χ2v) is 10.9. The predicted molar refractivity (Wildman–Crippen MR) is 131 cm³/mol. The molecule has 4 aliphatic rings. The molecule has 1 aromatic heterocycles. The van der Waals surface area contributed by atoms with Crippen molar-refractivity contribution in [1.82, 2.24) is 10.3 Å². The molecule has 0 spiro atoms. The number of nitrogens with zero attached hydrogens (tertiary/aromatic N) is 1. The highest BCUT2D eigenvalue weighted by molar-refractivity contribution is 5.82. The molecule has 1 amide bonds. The number of methoxy groups -OCH3 is 1. The Balaban J connectivity index is 1.39. The molecular weight excluding hydrogens is 408 g/mol. The number of benzene rings is 1. The molecule has 3 aliphatic carbocycles. The summed E-state index contributed by atoms with van der Waals surface area (Å²) in [6.45, 7) is 3.26. The number of hydrogen-bond acceptors (Lipinski definition) is 3. The first-order chi connectivity index (χ1) is 16.0. The standard InChI is InChI=1S/C29H34N2O2/c1-28-11-8-24-16-21-10-14-31-27(32)17-20(21)7-12-29(24,33-2)26(28)6-5-25(28)22-4-3-19-9-13-30-18-23(19)15-22/h3-4,8-9,13,15-16,18,20,25-26H,5-7,10-12,14,17H2,1-2H3,(H,31,32)/t20?,25-,26-,28-,29-/m1/s1. The number of ether oxygens (including phenoxy) is 1. The molecule has 2 fully saturated rings.